The van der Waals surface area contributed by atoms with E-state index in [1.807, 2.05) is 12.1 Å². The van der Waals surface area contributed by atoms with Gasteiger partial charge in [-0.05, 0) is 53.9 Å². The number of aromatic nitrogens is 3. The molecule has 0 spiro atoms. The molecule has 2 aliphatic rings. The number of hydrogen-bond acceptors (Lipinski definition) is 7. The zero-order valence-corrected chi connectivity index (χ0v) is 20.0. The first-order chi connectivity index (χ1) is 17.2. The van der Waals surface area contributed by atoms with E-state index in [2.05, 4.69) is 67.9 Å². The topological polar surface area (TPSA) is 83.1 Å². The lowest BCUT2D eigenvalue weighted by atomic mass is 9.99. The van der Waals surface area contributed by atoms with Crippen molar-refractivity contribution >= 4 is 23.1 Å². The Labute approximate surface area is 207 Å². The van der Waals surface area contributed by atoms with Gasteiger partial charge in [0.25, 0.3) is 0 Å². The van der Waals surface area contributed by atoms with Gasteiger partial charge in [-0.25, -0.2) is 0 Å². The molecule has 1 saturated heterocycles. The molecule has 2 aromatic heterocycles. The van der Waals surface area contributed by atoms with Gasteiger partial charge in [0, 0.05) is 52.1 Å². The molecule has 1 fully saturated rings. The SMILES string of the molecule is O=c1cc(N2CCOCC2)cc(-c2cccc3c2Sc2ccc(NCc4cccnn4)cc2C3)[nH]1. The Morgan fingerprint density at radius 1 is 1.03 bits per heavy atom. The first-order valence-corrected chi connectivity index (χ1v) is 12.6. The standard InChI is InChI=1S/C27H25N5O2S/c33-26-16-22(32-9-11-34-12-10-32)15-24(30-26)23-5-1-3-18-13-19-14-20(6-7-25(19)35-27(18)23)28-17-21-4-2-8-29-31-21/h1-8,14-16,28H,9-13,17H2,(H,30,33). The van der Waals surface area contributed by atoms with Crippen LogP contribution in [0.2, 0.25) is 0 Å². The number of fused-ring (bicyclic) bond motifs is 2. The first-order valence-electron chi connectivity index (χ1n) is 11.7. The van der Waals surface area contributed by atoms with Crippen LogP contribution >= 0.6 is 11.8 Å². The van der Waals surface area contributed by atoms with E-state index in [1.54, 1.807) is 24.0 Å². The summed E-state index contributed by atoms with van der Waals surface area (Å²) in [5.74, 6) is 0. The molecule has 0 atom stereocenters. The predicted octanol–water partition coefficient (Wildman–Crippen LogP) is 4.34. The number of morpholine rings is 1. The van der Waals surface area contributed by atoms with Crippen LogP contribution in [0.3, 0.4) is 0 Å². The number of pyridine rings is 1. The minimum Gasteiger partial charge on any atom is -0.379 e. The second kappa shape index (κ2) is 9.56. The van der Waals surface area contributed by atoms with E-state index in [1.165, 1.54) is 20.9 Å². The van der Waals surface area contributed by atoms with E-state index in [0.29, 0.717) is 19.8 Å². The summed E-state index contributed by atoms with van der Waals surface area (Å²) in [5, 5.41) is 11.5. The van der Waals surface area contributed by atoms with Crippen molar-refractivity contribution in [2.24, 2.45) is 0 Å². The monoisotopic (exact) mass is 483 g/mol. The molecule has 0 unspecified atom stereocenters. The van der Waals surface area contributed by atoms with Crippen molar-refractivity contribution in [3.8, 4) is 11.3 Å². The van der Waals surface area contributed by atoms with Crippen LogP contribution in [-0.2, 0) is 17.7 Å². The second-order valence-electron chi connectivity index (χ2n) is 8.68. The molecule has 2 N–H and O–H groups in total. The van der Waals surface area contributed by atoms with Crippen molar-refractivity contribution in [2.75, 3.05) is 36.5 Å². The smallest absolute Gasteiger partial charge is 0.250 e. The summed E-state index contributed by atoms with van der Waals surface area (Å²) in [7, 11) is 0. The average molecular weight is 484 g/mol. The van der Waals surface area contributed by atoms with E-state index in [4.69, 9.17) is 4.74 Å². The number of nitrogens with zero attached hydrogens (tertiary/aromatic N) is 3. The molecule has 176 valence electrons. The number of anilines is 2. The molecule has 35 heavy (non-hydrogen) atoms. The summed E-state index contributed by atoms with van der Waals surface area (Å²) in [5.41, 5.74) is 7.32. The van der Waals surface area contributed by atoms with Crippen LogP contribution in [0.25, 0.3) is 11.3 Å². The first kappa shape index (κ1) is 21.9. The van der Waals surface area contributed by atoms with Crippen LogP contribution in [0.1, 0.15) is 16.8 Å². The van der Waals surface area contributed by atoms with Gasteiger partial charge in [0.2, 0.25) is 5.56 Å². The number of rotatable bonds is 5. The largest absolute Gasteiger partial charge is 0.379 e. The van der Waals surface area contributed by atoms with Crippen LogP contribution in [-0.4, -0.2) is 41.5 Å². The van der Waals surface area contributed by atoms with E-state index in [9.17, 15) is 4.79 Å². The average Bonchev–Trinajstić information content (AvgIpc) is 2.91. The normalized spacial score (nSPS) is 14.8. The van der Waals surface area contributed by atoms with Crippen LogP contribution < -0.4 is 15.8 Å². The van der Waals surface area contributed by atoms with Crippen molar-refractivity contribution < 1.29 is 4.74 Å². The quantitative estimate of drug-likeness (QED) is 0.385. The number of aromatic amines is 1. The molecule has 4 heterocycles. The number of nitrogens with one attached hydrogen (secondary N) is 2. The Kier molecular flexibility index (Phi) is 5.98. The van der Waals surface area contributed by atoms with Gasteiger partial charge in [-0.2, -0.15) is 10.2 Å². The molecule has 2 aromatic carbocycles. The Bertz CT molecular complexity index is 1420. The maximum Gasteiger partial charge on any atom is 0.250 e. The fraction of sp³-hybridized carbons (Fsp3) is 0.222. The highest BCUT2D eigenvalue weighted by Gasteiger charge is 2.21. The van der Waals surface area contributed by atoms with Crippen LogP contribution in [0.15, 0.2) is 81.4 Å². The lowest BCUT2D eigenvalue weighted by Crippen LogP contribution is -2.36. The molecule has 7 nitrogen and oxygen atoms in total. The van der Waals surface area contributed by atoms with Gasteiger partial charge in [-0.3, -0.25) is 4.79 Å². The zero-order valence-electron chi connectivity index (χ0n) is 19.2. The van der Waals surface area contributed by atoms with Gasteiger partial charge in [0.15, 0.2) is 0 Å². The van der Waals surface area contributed by atoms with E-state index >= 15 is 0 Å². The van der Waals surface area contributed by atoms with Crippen molar-refractivity contribution in [3.63, 3.8) is 0 Å². The minimum absolute atomic E-state index is 0.0818. The molecule has 0 bridgehead atoms. The number of benzene rings is 2. The summed E-state index contributed by atoms with van der Waals surface area (Å²) in [4.78, 5) is 20.3. The van der Waals surface area contributed by atoms with Gasteiger partial charge in [0.05, 0.1) is 31.1 Å². The van der Waals surface area contributed by atoms with Gasteiger partial charge < -0.3 is 19.9 Å². The predicted molar refractivity (Wildman–Crippen MR) is 138 cm³/mol. The third-order valence-corrected chi connectivity index (χ3v) is 7.65. The third-order valence-electron chi connectivity index (χ3n) is 6.35. The van der Waals surface area contributed by atoms with E-state index < -0.39 is 0 Å². The molecule has 8 heteroatoms. The Balaban J connectivity index is 1.27. The molecule has 2 aliphatic heterocycles. The molecule has 0 radical (unpaired) electrons. The third kappa shape index (κ3) is 4.67. The Hall–Kier alpha value is -3.62. The fourth-order valence-corrected chi connectivity index (χ4v) is 5.77. The van der Waals surface area contributed by atoms with Crippen LogP contribution in [0, 0.1) is 0 Å². The fourth-order valence-electron chi connectivity index (χ4n) is 4.60. The lowest BCUT2D eigenvalue weighted by molar-refractivity contribution is 0.122. The van der Waals surface area contributed by atoms with Crippen molar-refractivity contribution in [1.29, 1.82) is 0 Å². The maximum absolute atomic E-state index is 12.6. The maximum atomic E-state index is 12.6. The van der Waals surface area contributed by atoms with Gasteiger partial charge >= 0.3 is 0 Å². The van der Waals surface area contributed by atoms with Crippen molar-refractivity contribution in [1.82, 2.24) is 15.2 Å². The molecule has 0 amide bonds. The molecule has 0 aliphatic carbocycles. The highest BCUT2D eigenvalue weighted by Crippen LogP contribution is 2.45. The molecule has 6 rings (SSSR count). The number of ether oxygens (including phenoxy) is 1. The molecular formula is C27H25N5O2S. The summed E-state index contributed by atoms with van der Waals surface area (Å²) >= 11 is 1.77. The summed E-state index contributed by atoms with van der Waals surface area (Å²) in [6.45, 7) is 3.60. The summed E-state index contributed by atoms with van der Waals surface area (Å²) < 4.78 is 5.48. The molecule has 4 aromatic rings. The highest BCUT2D eigenvalue weighted by molar-refractivity contribution is 7.99. The van der Waals surface area contributed by atoms with Crippen molar-refractivity contribution in [2.45, 2.75) is 22.8 Å². The van der Waals surface area contributed by atoms with Gasteiger partial charge in [-0.1, -0.05) is 30.0 Å². The lowest BCUT2D eigenvalue weighted by Gasteiger charge is -2.29. The van der Waals surface area contributed by atoms with Gasteiger partial charge in [-0.15, -0.1) is 0 Å². The van der Waals surface area contributed by atoms with Crippen LogP contribution in [0.4, 0.5) is 11.4 Å². The van der Waals surface area contributed by atoms with E-state index in [-0.39, 0.29) is 5.56 Å². The van der Waals surface area contributed by atoms with E-state index in [0.717, 1.165) is 47.8 Å². The Morgan fingerprint density at radius 2 is 1.94 bits per heavy atom. The summed E-state index contributed by atoms with van der Waals surface area (Å²) in [6.07, 6.45) is 2.53. The van der Waals surface area contributed by atoms with Gasteiger partial charge in [0.1, 0.15) is 0 Å². The number of H-pyrrole nitrogens is 1. The molecule has 0 saturated carbocycles. The minimum atomic E-state index is -0.0818. The van der Waals surface area contributed by atoms with Crippen molar-refractivity contribution in [3.05, 3.63) is 94.0 Å². The second-order valence-corrected chi connectivity index (χ2v) is 9.73. The van der Waals surface area contributed by atoms with Crippen LogP contribution in [0.5, 0.6) is 0 Å². The zero-order chi connectivity index (χ0) is 23.6. The highest BCUT2D eigenvalue weighted by atomic mass is 32.2. The summed E-state index contributed by atoms with van der Waals surface area (Å²) in [6, 6.07) is 20.5. The number of hydrogen-bond donors (Lipinski definition) is 2. The molecular weight excluding hydrogens is 458 g/mol. The Morgan fingerprint density at radius 3 is 2.80 bits per heavy atom.